The highest BCUT2D eigenvalue weighted by atomic mass is 79.9. The van der Waals surface area contributed by atoms with Crippen LogP contribution < -0.4 is 0 Å². The smallest absolute Gasteiger partial charge is 0.340 e. The molecule has 0 bridgehead atoms. The number of carbonyl (C=O) groups is 1. The second-order valence-corrected chi connectivity index (χ2v) is 5.58. The zero-order valence-electron chi connectivity index (χ0n) is 10.7. The number of hydrogen-bond acceptors (Lipinski definition) is 3. The van der Waals surface area contributed by atoms with E-state index in [0.29, 0.717) is 5.56 Å². The molecule has 1 aliphatic carbocycles. The number of methoxy groups -OCH3 is 1. The number of aromatic nitrogens is 1. The third-order valence-electron chi connectivity index (χ3n) is 3.70. The Morgan fingerprint density at radius 1 is 1.32 bits per heavy atom. The molecule has 1 aliphatic rings. The molecule has 0 N–H and O–H groups in total. The van der Waals surface area contributed by atoms with Gasteiger partial charge in [0.05, 0.1) is 18.2 Å². The minimum atomic E-state index is -0.362. The van der Waals surface area contributed by atoms with Crippen LogP contribution in [0.2, 0.25) is 0 Å². The summed E-state index contributed by atoms with van der Waals surface area (Å²) in [7, 11) is 1.38. The Kier molecular flexibility index (Phi) is 3.27. The molecule has 3 nitrogen and oxygen atoms in total. The lowest BCUT2D eigenvalue weighted by atomic mass is 9.89. The van der Waals surface area contributed by atoms with Crippen LogP contribution in [0.3, 0.4) is 0 Å². The summed E-state index contributed by atoms with van der Waals surface area (Å²) in [5.74, 6) is -0.362. The van der Waals surface area contributed by atoms with E-state index in [1.807, 2.05) is 6.07 Å². The van der Waals surface area contributed by atoms with Gasteiger partial charge in [-0.3, -0.25) is 4.98 Å². The lowest BCUT2D eigenvalue weighted by Crippen LogP contribution is -2.07. The third-order valence-corrected chi connectivity index (χ3v) is 4.56. The molecule has 98 valence electrons. The lowest BCUT2D eigenvalue weighted by Gasteiger charge is -2.18. The van der Waals surface area contributed by atoms with E-state index in [1.54, 1.807) is 6.20 Å². The molecule has 19 heavy (non-hydrogen) atoms. The van der Waals surface area contributed by atoms with Crippen LogP contribution in [0, 0.1) is 0 Å². The van der Waals surface area contributed by atoms with E-state index < -0.39 is 0 Å². The summed E-state index contributed by atoms with van der Waals surface area (Å²) >= 11 is 3.51. The van der Waals surface area contributed by atoms with Gasteiger partial charge in [0.15, 0.2) is 0 Å². The van der Waals surface area contributed by atoms with Crippen molar-refractivity contribution in [2.45, 2.75) is 25.7 Å². The number of carbonyl (C=O) groups excluding carboxylic acids is 1. The Bertz CT molecular complexity index is 667. The number of aryl methyl sites for hydroxylation is 2. The first-order valence-corrected chi connectivity index (χ1v) is 7.19. The molecular formula is C15H14BrNO2. The Hall–Kier alpha value is -1.42. The van der Waals surface area contributed by atoms with E-state index >= 15 is 0 Å². The number of rotatable bonds is 1. The number of pyridine rings is 1. The van der Waals surface area contributed by atoms with E-state index in [2.05, 4.69) is 27.0 Å². The van der Waals surface area contributed by atoms with Crippen molar-refractivity contribution in [1.82, 2.24) is 4.98 Å². The summed E-state index contributed by atoms with van der Waals surface area (Å²) in [5.41, 5.74) is 4.22. The highest BCUT2D eigenvalue weighted by molar-refractivity contribution is 9.10. The molecule has 4 heteroatoms. The Morgan fingerprint density at radius 2 is 2.11 bits per heavy atom. The molecule has 1 aromatic carbocycles. The molecule has 0 unspecified atom stereocenters. The number of nitrogens with zero attached hydrogens (tertiary/aromatic N) is 1. The Morgan fingerprint density at radius 3 is 2.89 bits per heavy atom. The first-order chi connectivity index (χ1) is 9.22. The van der Waals surface area contributed by atoms with Crippen molar-refractivity contribution in [3.63, 3.8) is 0 Å². The van der Waals surface area contributed by atoms with Gasteiger partial charge in [0.1, 0.15) is 0 Å². The van der Waals surface area contributed by atoms with E-state index in [-0.39, 0.29) is 5.97 Å². The molecule has 0 spiro atoms. The Labute approximate surface area is 120 Å². The van der Waals surface area contributed by atoms with E-state index in [4.69, 9.17) is 4.74 Å². The van der Waals surface area contributed by atoms with Crippen LogP contribution >= 0.6 is 15.9 Å². The zero-order valence-corrected chi connectivity index (χ0v) is 12.3. The molecule has 0 fully saturated rings. The van der Waals surface area contributed by atoms with Crippen molar-refractivity contribution < 1.29 is 9.53 Å². The molecule has 1 aromatic heterocycles. The van der Waals surface area contributed by atoms with Crippen molar-refractivity contribution in [1.29, 1.82) is 0 Å². The maximum Gasteiger partial charge on any atom is 0.340 e. The van der Waals surface area contributed by atoms with Gasteiger partial charge in [-0.15, -0.1) is 0 Å². The summed E-state index contributed by atoms with van der Waals surface area (Å²) in [5, 5.41) is 0.989. The SMILES string of the molecule is COC(=O)c1cnc2c3c(ccc2c1Br)CCCC3. The molecule has 0 amide bonds. The van der Waals surface area contributed by atoms with Crippen LogP contribution in [0.5, 0.6) is 0 Å². The fraction of sp³-hybridized carbons (Fsp3) is 0.333. The van der Waals surface area contributed by atoms with Crippen LogP contribution in [0.4, 0.5) is 0 Å². The summed E-state index contributed by atoms with van der Waals surface area (Å²) in [6, 6.07) is 4.20. The fourth-order valence-electron chi connectivity index (χ4n) is 2.72. The predicted molar refractivity (Wildman–Crippen MR) is 77.4 cm³/mol. The Balaban J connectivity index is 2.25. The van der Waals surface area contributed by atoms with Crippen molar-refractivity contribution in [3.8, 4) is 0 Å². The first kappa shape index (κ1) is 12.6. The number of benzene rings is 1. The average molecular weight is 320 g/mol. The van der Waals surface area contributed by atoms with Crippen LogP contribution in [-0.2, 0) is 17.6 Å². The highest BCUT2D eigenvalue weighted by Gasteiger charge is 2.18. The van der Waals surface area contributed by atoms with Gasteiger partial charge in [0, 0.05) is 16.1 Å². The third kappa shape index (κ3) is 2.04. The summed E-state index contributed by atoms with van der Waals surface area (Å²) in [6.07, 6.45) is 6.27. The molecular weight excluding hydrogens is 306 g/mol. The normalized spacial score (nSPS) is 14.2. The van der Waals surface area contributed by atoms with Gasteiger partial charge < -0.3 is 4.74 Å². The fourth-order valence-corrected chi connectivity index (χ4v) is 3.30. The summed E-state index contributed by atoms with van der Waals surface area (Å²) < 4.78 is 5.55. The topological polar surface area (TPSA) is 39.2 Å². The number of ether oxygens (including phenoxy) is 1. The number of fused-ring (bicyclic) bond motifs is 3. The van der Waals surface area contributed by atoms with Gasteiger partial charge in [0.2, 0.25) is 0 Å². The van der Waals surface area contributed by atoms with Crippen molar-refractivity contribution in [3.05, 3.63) is 39.5 Å². The molecule has 2 aromatic rings. The lowest BCUT2D eigenvalue weighted by molar-refractivity contribution is 0.0599. The number of hydrogen-bond donors (Lipinski definition) is 0. The molecule has 3 rings (SSSR count). The average Bonchev–Trinajstić information content (AvgIpc) is 2.46. The molecule has 0 radical (unpaired) electrons. The van der Waals surface area contributed by atoms with Crippen LogP contribution in [0.25, 0.3) is 10.9 Å². The quantitative estimate of drug-likeness (QED) is 0.753. The molecule has 0 aliphatic heterocycles. The van der Waals surface area contributed by atoms with Gasteiger partial charge in [-0.05, 0) is 52.7 Å². The highest BCUT2D eigenvalue weighted by Crippen LogP contribution is 2.33. The maximum atomic E-state index is 11.7. The maximum absolute atomic E-state index is 11.7. The monoisotopic (exact) mass is 319 g/mol. The van der Waals surface area contributed by atoms with Crippen molar-refractivity contribution >= 4 is 32.8 Å². The predicted octanol–water partition coefficient (Wildman–Crippen LogP) is 3.66. The molecule has 0 saturated carbocycles. The number of esters is 1. The standard InChI is InChI=1S/C15H14BrNO2/c1-19-15(18)12-8-17-14-10-5-3-2-4-9(10)6-7-11(14)13(12)16/h6-8H,2-5H2,1H3. The van der Waals surface area contributed by atoms with Crippen LogP contribution in [0.1, 0.15) is 34.3 Å². The van der Waals surface area contributed by atoms with Gasteiger partial charge in [-0.1, -0.05) is 12.1 Å². The summed E-state index contributed by atoms with van der Waals surface area (Å²) in [6.45, 7) is 0. The van der Waals surface area contributed by atoms with E-state index in [0.717, 1.165) is 28.2 Å². The van der Waals surface area contributed by atoms with Gasteiger partial charge in [0.25, 0.3) is 0 Å². The summed E-state index contributed by atoms with van der Waals surface area (Å²) in [4.78, 5) is 16.2. The van der Waals surface area contributed by atoms with Crippen LogP contribution in [-0.4, -0.2) is 18.1 Å². The minimum absolute atomic E-state index is 0.362. The molecule has 0 saturated heterocycles. The van der Waals surface area contributed by atoms with Crippen molar-refractivity contribution in [2.75, 3.05) is 7.11 Å². The van der Waals surface area contributed by atoms with Gasteiger partial charge in [-0.25, -0.2) is 4.79 Å². The van der Waals surface area contributed by atoms with E-state index in [9.17, 15) is 4.79 Å². The van der Waals surface area contributed by atoms with Crippen molar-refractivity contribution in [2.24, 2.45) is 0 Å². The zero-order chi connectivity index (χ0) is 13.4. The van der Waals surface area contributed by atoms with Gasteiger partial charge >= 0.3 is 5.97 Å². The van der Waals surface area contributed by atoms with Gasteiger partial charge in [-0.2, -0.15) is 0 Å². The van der Waals surface area contributed by atoms with E-state index in [1.165, 1.54) is 31.1 Å². The number of halogens is 1. The first-order valence-electron chi connectivity index (χ1n) is 6.39. The largest absolute Gasteiger partial charge is 0.465 e. The second-order valence-electron chi connectivity index (χ2n) is 4.78. The van der Waals surface area contributed by atoms with Crippen LogP contribution in [0.15, 0.2) is 22.8 Å². The minimum Gasteiger partial charge on any atom is -0.465 e. The molecule has 0 atom stereocenters. The second kappa shape index (κ2) is 4.93. The molecule has 1 heterocycles.